The molecule has 1 aromatic carbocycles. The highest BCUT2D eigenvalue weighted by atomic mass is 16.4. The van der Waals surface area contributed by atoms with Crippen LogP contribution in [0, 0.1) is 0 Å². The number of hydrogen-bond donors (Lipinski definition) is 1. The van der Waals surface area contributed by atoms with E-state index in [2.05, 4.69) is 10.2 Å². The number of carboxylic acids is 1. The van der Waals surface area contributed by atoms with Crippen LogP contribution < -0.4 is 0 Å². The van der Waals surface area contributed by atoms with Crippen LogP contribution in [0.3, 0.4) is 0 Å². The molecule has 0 atom stereocenters. The molecule has 18 heavy (non-hydrogen) atoms. The summed E-state index contributed by atoms with van der Waals surface area (Å²) in [6, 6.07) is 10.1. The molecule has 90 valence electrons. The van der Waals surface area contributed by atoms with Crippen molar-refractivity contribution in [1.29, 1.82) is 0 Å². The second kappa shape index (κ2) is 5.58. The SMILES string of the molecule is O=C(O)c1ccccc1/C=N\N=C\c1ccco1. The molecule has 0 aliphatic rings. The first-order valence-corrected chi connectivity index (χ1v) is 5.19. The second-order valence-corrected chi connectivity index (χ2v) is 3.40. The van der Waals surface area contributed by atoms with Crippen molar-refractivity contribution in [1.82, 2.24) is 0 Å². The highest BCUT2D eigenvalue weighted by molar-refractivity contribution is 5.98. The van der Waals surface area contributed by atoms with Gasteiger partial charge in [0.2, 0.25) is 0 Å². The average Bonchev–Trinajstić information content (AvgIpc) is 2.88. The first-order chi connectivity index (χ1) is 8.77. The number of aromatic carboxylic acids is 1. The minimum atomic E-state index is -0.993. The van der Waals surface area contributed by atoms with Gasteiger partial charge in [0.15, 0.2) is 0 Å². The largest absolute Gasteiger partial charge is 0.478 e. The van der Waals surface area contributed by atoms with Gasteiger partial charge in [-0.2, -0.15) is 10.2 Å². The lowest BCUT2D eigenvalue weighted by atomic mass is 10.1. The third kappa shape index (κ3) is 2.91. The number of furan rings is 1. The van der Waals surface area contributed by atoms with E-state index in [1.165, 1.54) is 24.8 Å². The van der Waals surface area contributed by atoms with Crippen molar-refractivity contribution in [2.45, 2.75) is 0 Å². The van der Waals surface area contributed by atoms with Gasteiger partial charge in [0, 0.05) is 5.56 Å². The number of nitrogens with zero attached hydrogens (tertiary/aromatic N) is 2. The second-order valence-electron chi connectivity index (χ2n) is 3.40. The number of carboxylic acid groups (broad SMARTS) is 1. The fraction of sp³-hybridized carbons (Fsp3) is 0. The van der Waals surface area contributed by atoms with Gasteiger partial charge in [-0.15, -0.1) is 0 Å². The molecule has 2 aromatic rings. The minimum absolute atomic E-state index is 0.189. The van der Waals surface area contributed by atoms with Gasteiger partial charge in [-0.3, -0.25) is 0 Å². The number of rotatable bonds is 4. The monoisotopic (exact) mass is 242 g/mol. The van der Waals surface area contributed by atoms with Gasteiger partial charge in [-0.25, -0.2) is 4.79 Å². The van der Waals surface area contributed by atoms with Gasteiger partial charge in [0.25, 0.3) is 0 Å². The van der Waals surface area contributed by atoms with Crippen molar-refractivity contribution in [3.05, 3.63) is 59.5 Å². The van der Waals surface area contributed by atoms with Gasteiger partial charge in [0.05, 0.1) is 24.3 Å². The fourth-order valence-corrected chi connectivity index (χ4v) is 1.35. The maximum Gasteiger partial charge on any atom is 0.336 e. The zero-order valence-corrected chi connectivity index (χ0v) is 9.35. The zero-order chi connectivity index (χ0) is 12.8. The molecule has 5 nitrogen and oxygen atoms in total. The lowest BCUT2D eigenvalue weighted by Crippen LogP contribution is -2.00. The Morgan fingerprint density at radius 3 is 2.61 bits per heavy atom. The molecule has 1 aromatic heterocycles. The molecule has 0 saturated heterocycles. The van der Waals surface area contributed by atoms with Gasteiger partial charge < -0.3 is 9.52 Å². The van der Waals surface area contributed by atoms with Crippen molar-refractivity contribution < 1.29 is 14.3 Å². The number of benzene rings is 1. The Bertz CT molecular complexity index is 586. The first-order valence-electron chi connectivity index (χ1n) is 5.19. The molecule has 2 rings (SSSR count). The van der Waals surface area contributed by atoms with E-state index >= 15 is 0 Å². The zero-order valence-electron chi connectivity index (χ0n) is 9.35. The molecule has 0 fully saturated rings. The van der Waals surface area contributed by atoms with Crippen LogP contribution in [0.25, 0.3) is 0 Å². The molecule has 5 heteroatoms. The highest BCUT2D eigenvalue weighted by Crippen LogP contribution is 2.06. The van der Waals surface area contributed by atoms with Gasteiger partial charge in [-0.1, -0.05) is 18.2 Å². The maximum absolute atomic E-state index is 10.9. The molecular weight excluding hydrogens is 232 g/mol. The molecule has 0 aliphatic heterocycles. The van der Waals surface area contributed by atoms with Gasteiger partial charge >= 0.3 is 5.97 Å². The average molecular weight is 242 g/mol. The van der Waals surface area contributed by atoms with E-state index in [9.17, 15) is 4.79 Å². The third-order valence-corrected chi connectivity index (χ3v) is 2.18. The Labute approximate surface area is 103 Å². The van der Waals surface area contributed by atoms with Crippen LogP contribution in [-0.4, -0.2) is 23.5 Å². The Balaban J connectivity index is 2.12. The Morgan fingerprint density at radius 2 is 1.89 bits per heavy atom. The standard InChI is InChI=1S/C13H10N2O3/c16-13(17)12-6-2-1-4-10(12)8-14-15-9-11-5-3-7-18-11/h1-9H,(H,16,17)/b14-8-,15-9+. The van der Waals surface area contributed by atoms with Crippen molar-refractivity contribution in [3.63, 3.8) is 0 Å². The molecule has 0 bridgehead atoms. The molecule has 0 unspecified atom stereocenters. The van der Waals surface area contributed by atoms with Crippen molar-refractivity contribution in [2.24, 2.45) is 10.2 Å². The van der Waals surface area contributed by atoms with Crippen molar-refractivity contribution >= 4 is 18.4 Å². The van der Waals surface area contributed by atoms with E-state index in [1.54, 1.807) is 30.3 Å². The molecule has 1 heterocycles. The molecule has 0 aliphatic carbocycles. The Morgan fingerprint density at radius 1 is 1.11 bits per heavy atom. The Hall–Kier alpha value is -2.69. The molecule has 0 saturated carbocycles. The summed E-state index contributed by atoms with van der Waals surface area (Å²) in [4.78, 5) is 10.9. The van der Waals surface area contributed by atoms with Crippen molar-refractivity contribution in [3.8, 4) is 0 Å². The van der Waals surface area contributed by atoms with Crippen molar-refractivity contribution in [2.75, 3.05) is 0 Å². The molecule has 0 amide bonds. The quantitative estimate of drug-likeness (QED) is 0.660. The van der Waals surface area contributed by atoms with E-state index in [-0.39, 0.29) is 5.56 Å². The van der Waals surface area contributed by atoms with Crippen LogP contribution in [0.15, 0.2) is 57.3 Å². The highest BCUT2D eigenvalue weighted by Gasteiger charge is 2.06. The van der Waals surface area contributed by atoms with E-state index in [0.717, 1.165) is 0 Å². The van der Waals surface area contributed by atoms with Crippen LogP contribution in [0.5, 0.6) is 0 Å². The normalized spacial score (nSPS) is 11.3. The van der Waals surface area contributed by atoms with Crippen LogP contribution in [-0.2, 0) is 0 Å². The van der Waals surface area contributed by atoms with Crippen LogP contribution in [0.1, 0.15) is 21.7 Å². The van der Waals surface area contributed by atoms with E-state index in [1.807, 2.05) is 0 Å². The number of hydrogen-bond acceptors (Lipinski definition) is 4. The van der Waals surface area contributed by atoms with E-state index in [4.69, 9.17) is 9.52 Å². The molecule has 0 radical (unpaired) electrons. The summed E-state index contributed by atoms with van der Waals surface area (Å²) in [5.74, 6) is -0.411. The first kappa shape index (κ1) is 11.8. The summed E-state index contributed by atoms with van der Waals surface area (Å²) < 4.78 is 5.03. The molecule has 1 N–H and O–H groups in total. The topological polar surface area (TPSA) is 75.2 Å². The summed E-state index contributed by atoms with van der Waals surface area (Å²) in [7, 11) is 0. The van der Waals surface area contributed by atoms with Crippen LogP contribution in [0.4, 0.5) is 0 Å². The molecular formula is C13H10N2O3. The summed E-state index contributed by atoms with van der Waals surface area (Å²) in [5, 5.41) is 16.5. The number of carbonyl (C=O) groups is 1. The lowest BCUT2D eigenvalue weighted by molar-refractivity contribution is 0.0697. The minimum Gasteiger partial charge on any atom is -0.478 e. The van der Waals surface area contributed by atoms with Gasteiger partial charge in [-0.05, 0) is 18.2 Å². The smallest absolute Gasteiger partial charge is 0.336 e. The van der Waals surface area contributed by atoms with Crippen LogP contribution >= 0.6 is 0 Å². The maximum atomic E-state index is 10.9. The fourth-order valence-electron chi connectivity index (χ4n) is 1.35. The third-order valence-electron chi connectivity index (χ3n) is 2.18. The van der Waals surface area contributed by atoms with Crippen LogP contribution in [0.2, 0.25) is 0 Å². The summed E-state index contributed by atoms with van der Waals surface area (Å²) >= 11 is 0. The lowest BCUT2D eigenvalue weighted by Gasteiger charge is -1.97. The molecule has 0 spiro atoms. The predicted octanol–water partition coefficient (Wildman–Crippen LogP) is 2.43. The predicted molar refractivity (Wildman–Crippen MR) is 67.3 cm³/mol. The summed E-state index contributed by atoms with van der Waals surface area (Å²) in [5.41, 5.74) is 0.691. The van der Waals surface area contributed by atoms with E-state index < -0.39 is 5.97 Å². The van der Waals surface area contributed by atoms with E-state index in [0.29, 0.717) is 11.3 Å². The van der Waals surface area contributed by atoms with Gasteiger partial charge in [0.1, 0.15) is 5.76 Å². The summed E-state index contributed by atoms with van der Waals surface area (Å²) in [6.07, 6.45) is 4.37. The summed E-state index contributed by atoms with van der Waals surface area (Å²) in [6.45, 7) is 0. The Kier molecular flexibility index (Phi) is 3.66.